The summed E-state index contributed by atoms with van der Waals surface area (Å²) >= 11 is 0. The van der Waals surface area contributed by atoms with Gasteiger partial charge in [-0.25, -0.2) is 0 Å². The second kappa shape index (κ2) is 9.63. The molecule has 3 aromatic rings. The Bertz CT molecular complexity index is 1150. The lowest BCUT2D eigenvalue weighted by atomic mass is 10.0. The number of aromatic nitrogens is 1. The molecule has 0 radical (unpaired) electrons. The number of nitrogens with one attached hydrogen (secondary N) is 1. The van der Waals surface area contributed by atoms with Crippen molar-refractivity contribution in [1.82, 2.24) is 9.88 Å². The SMILES string of the molecule is COc1ccc(-c2cc3ccc(OC)cc3c(=O)n2C)c(OCC(O)CNC(C)(C)C)c1. The summed E-state index contributed by atoms with van der Waals surface area (Å²) in [6, 6.07) is 12.8. The number of aliphatic hydroxyl groups excluding tert-OH is 1. The average Bonchev–Trinajstić information content (AvgIpc) is 2.77. The molecule has 7 nitrogen and oxygen atoms in total. The molecule has 0 aliphatic rings. The number of hydrogen-bond donors (Lipinski definition) is 2. The van der Waals surface area contributed by atoms with E-state index >= 15 is 0 Å². The van der Waals surface area contributed by atoms with Crippen LogP contribution >= 0.6 is 0 Å². The van der Waals surface area contributed by atoms with Crippen molar-refractivity contribution in [3.05, 3.63) is 52.8 Å². The first-order valence-electron chi connectivity index (χ1n) is 10.5. The third-order valence-corrected chi connectivity index (χ3v) is 5.21. The number of rotatable bonds is 8. The number of pyridine rings is 1. The van der Waals surface area contributed by atoms with Crippen LogP contribution in [0, 0.1) is 0 Å². The molecule has 3 rings (SSSR count). The number of methoxy groups -OCH3 is 2. The van der Waals surface area contributed by atoms with Gasteiger partial charge in [-0.3, -0.25) is 4.79 Å². The number of β-amino-alcohol motifs (C(OH)–C–C–N with tert-alkyl or cyclic N) is 1. The summed E-state index contributed by atoms with van der Waals surface area (Å²) in [5.74, 6) is 1.79. The van der Waals surface area contributed by atoms with Gasteiger partial charge >= 0.3 is 0 Å². The molecular weight excluding hydrogens is 408 g/mol. The predicted molar refractivity (Wildman–Crippen MR) is 127 cm³/mol. The summed E-state index contributed by atoms with van der Waals surface area (Å²) in [4.78, 5) is 13.1. The van der Waals surface area contributed by atoms with E-state index in [0.717, 1.165) is 10.9 Å². The van der Waals surface area contributed by atoms with Crippen molar-refractivity contribution >= 4 is 10.8 Å². The number of fused-ring (bicyclic) bond motifs is 1. The first-order valence-corrected chi connectivity index (χ1v) is 10.5. The standard InChI is InChI=1S/C25H32N2O5/c1-25(2,3)26-14-17(28)15-32-23-13-19(31-6)9-10-20(23)22-11-16-7-8-18(30-5)12-21(16)24(29)27(22)4/h7-13,17,26,28H,14-15H2,1-6H3. The molecule has 7 heteroatoms. The van der Waals surface area contributed by atoms with Gasteiger partial charge in [0.25, 0.3) is 5.56 Å². The molecule has 2 N–H and O–H groups in total. The van der Waals surface area contributed by atoms with Gasteiger partial charge in [0.05, 0.1) is 25.3 Å². The molecule has 2 aromatic carbocycles. The van der Waals surface area contributed by atoms with E-state index in [0.29, 0.717) is 34.9 Å². The molecular formula is C25H32N2O5. The first-order chi connectivity index (χ1) is 15.1. The quantitative estimate of drug-likeness (QED) is 0.559. The molecule has 1 unspecified atom stereocenters. The van der Waals surface area contributed by atoms with E-state index in [1.54, 1.807) is 38.0 Å². The molecule has 0 spiro atoms. The van der Waals surface area contributed by atoms with Gasteiger partial charge in [-0.2, -0.15) is 0 Å². The number of aliphatic hydroxyl groups is 1. The second-order valence-electron chi connectivity index (χ2n) is 8.80. The minimum absolute atomic E-state index is 0.0992. The molecule has 1 aromatic heterocycles. The average molecular weight is 441 g/mol. The lowest BCUT2D eigenvalue weighted by molar-refractivity contribution is 0.100. The van der Waals surface area contributed by atoms with E-state index in [-0.39, 0.29) is 17.7 Å². The molecule has 0 fully saturated rings. The second-order valence-corrected chi connectivity index (χ2v) is 8.80. The lowest BCUT2D eigenvalue weighted by Gasteiger charge is -2.23. The summed E-state index contributed by atoms with van der Waals surface area (Å²) in [7, 11) is 4.89. The van der Waals surface area contributed by atoms with Gasteiger partial charge in [0.1, 0.15) is 30.0 Å². The fourth-order valence-electron chi connectivity index (χ4n) is 3.40. The summed E-state index contributed by atoms with van der Waals surface area (Å²) in [6.07, 6.45) is -0.693. The zero-order valence-corrected chi connectivity index (χ0v) is 19.6. The number of hydrogen-bond acceptors (Lipinski definition) is 6. The van der Waals surface area contributed by atoms with Crippen LogP contribution in [-0.4, -0.2) is 48.7 Å². The molecule has 0 bridgehead atoms. The van der Waals surface area contributed by atoms with Crippen LogP contribution in [0.2, 0.25) is 0 Å². The summed E-state index contributed by atoms with van der Waals surface area (Å²) in [5, 5.41) is 15.0. The highest BCUT2D eigenvalue weighted by Gasteiger charge is 2.17. The van der Waals surface area contributed by atoms with E-state index in [2.05, 4.69) is 5.32 Å². The first kappa shape index (κ1) is 23.6. The summed E-state index contributed by atoms with van der Waals surface area (Å²) in [6.45, 7) is 6.62. The zero-order valence-electron chi connectivity index (χ0n) is 19.6. The molecule has 32 heavy (non-hydrogen) atoms. The minimum atomic E-state index is -0.693. The van der Waals surface area contributed by atoms with Gasteiger partial charge in [-0.1, -0.05) is 6.07 Å². The largest absolute Gasteiger partial charge is 0.497 e. The maximum atomic E-state index is 13.1. The van der Waals surface area contributed by atoms with Gasteiger partial charge in [0, 0.05) is 30.8 Å². The van der Waals surface area contributed by atoms with Gasteiger partial charge in [-0.15, -0.1) is 0 Å². The number of nitrogens with zero attached hydrogens (tertiary/aromatic N) is 1. The summed E-state index contributed by atoms with van der Waals surface area (Å²) in [5.41, 5.74) is 1.20. The third-order valence-electron chi connectivity index (χ3n) is 5.21. The Labute approximate surface area is 188 Å². The Kier molecular flexibility index (Phi) is 7.11. The van der Waals surface area contributed by atoms with Crippen LogP contribution in [0.4, 0.5) is 0 Å². The maximum Gasteiger partial charge on any atom is 0.258 e. The molecule has 0 saturated carbocycles. The Morgan fingerprint density at radius 3 is 2.34 bits per heavy atom. The number of ether oxygens (including phenoxy) is 3. The third kappa shape index (κ3) is 5.41. The van der Waals surface area contributed by atoms with E-state index < -0.39 is 6.10 Å². The minimum Gasteiger partial charge on any atom is -0.497 e. The highest BCUT2D eigenvalue weighted by Crippen LogP contribution is 2.34. The van der Waals surface area contributed by atoms with Crippen LogP contribution in [0.25, 0.3) is 22.0 Å². The normalized spacial score (nSPS) is 12.6. The fourth-order valence-corrected chi connectivity index (χ4v) is 3.40. The molecule has 0 amide bonds. The molecule has 1 atom stereocenters. The van der Waals surface area contributed by atoms with E-state index in [1.165, 1.54) is 0 Å². The zero-order chi connectivity index (χ0) is 23.5. The van der Waals surface area contributed by atoms with Gasteiger partial charge in [0.2, 0.25) is 0 Å². The highest BCUT2D eigenvalue weighted by molar-refractivity contribution is 5.87. The van der Waals surface area contributed by atoms with Crippen LogP contribution in [0.1, 0.15) is 20.8 Å². The van der Waals surface area contributed by atoms with E-state index in [4.69, 9.17) is 14.2 Å². The van der Waals surface area contributed by atoms with Crippen molar-refractivity contribution in [3.8, 4) is 28.5 Å². The van der Waals surface area contributed by atoms with E-state index in [9.17, 15) is 9.90 Å². The van der Waals surface area contributed by atoms with Gasteiger partial charge in [0.15, 0.2) is 0 Å². The van der Waals surface area contributed by atoms with Crippen molar-refractivity contribution in [2.75, 3.05) is 27.4 Å². The maximum absolute atomic E-state index is 13.1. The Balaban J connectivity index is 1.98. The van der Waals surface area contributed by atoms with Crippen molar-refractivity contribution in [2.24, 2.45) is 7.05 Å². The number of benzene rings is 2. The highest BCUT2D eigenvalue weighted by atomic mass is 16.5. The van der Waals surface area contributed by atoms with Gasteiger partial charge < -0.3 is 29.2 Å². The lowest BCUT2D eigenvalue weighted by Crippen LogP contribution is -2.42. The van der Waals surface area contributed by atoms with Crippen molar-refractivity contribution in [2.45, 2.75) is 32.4 Å². The molecule has 172 valence electrons. The van der Waals surface area contributed by atoms with Crippen LogP contribution in [0.5, 0.6) is 17.2 Å². The van der Waals surface area contributed by atoms with Crippen molar-refractivity contribution in [1.29, 1.82) is 0 Å². The molecule has 1 heterocycles. The Hall–Kier alpha value is -3.03. The summed E-state index contributed by atoms with van der Waals surface area (Å²) < 4.78 is 18.2. The van der Waals surface area contributed by atoms with Crippen molar-refractivity contribution < 1.29 is 19.3 Å². The van der Waals surface area contributed by atoms with Crippen LogP contribution in [-0.2, 0) is 7.05 Å². The Morgan fingerprint density at radius 2 is 1.69 bits per heavy atom. The molecule has 0 aliphatic carbocycles. The topological polar surface area (TPSA) is 82.0 Å². The van der Waals surface area contributed by atoms with Gasteiger partial charge in [-0.05, 0) is 56.5 Å². The van der Waals surface area contributed by atoms with Crippen LogP contribution in [0.15, 0.2) is 47.3 Å². The fraction of sp³-hybridized carbons (Fsp3) is 0.400. The van der Waals surface area contributed by atoms with E-state index in [1.807, 2.05) is 51.1 Å². The molecule has 0 aliphatic heterocycles. The molecule has 0 saturated heterocycles. The van der Waals surface area contributed by atoms with Crippen molar-refractivity contribution in [3.63, 3.8) is 0 Å². The van der Waals surface area contributed by atoms with Crippen LogP contribution < -0.4 is 25.1 Å². The predicted octanol–water partition coefficient (Wildman–Crippen LogP) is 3.35. The Morgan fingerprint density at radius 1 is 1.03 bits per heavy atom. The van der Waals surface area contributed by atoms with Crippen LogP contribution in [0.3, 0.4) is 0 Å². The monoisotopic (exact) mass is 440 g/mol. The smallest absolute Gasteiger partial charge is 0.258 e.